The van der Waals surface area contributed by atoms with Gasteiger partial charge in [0.05, 0.1) is 19.3 Å². The van der Waals surface area contributed by atoms with E-state index in [9.17, 15) is 9.90 Å². The number of aliphatic hydroxyl groups is 1. The highest BCUT2D eigenvalue weighted by atomic mass is 32.1. The molecule has 2 rings (SSSR count). The summed E-state index contributed by atoms with van der Waals surface area (Å²) in [5, 5.41) is 22.5. The monoisotopic (exact) mass is 366 g/mol. The molecule has 0 bridgehead atoms. The molecule has 0 spiro atoms. The molecule has 1 saturated heterocycles. The molecule has 1 heterocycles. The fourth-order valence-electron chi connectivity index (χ4n) is 2.70. The van der Waals surface area contributed by atoms with Crippen LogP contribution in [0.3, 0.4) is 0 Å². The van der Waals surface area contributed by atoms with E-state index < -0.39 is 6.04 Å². The fraction of sp³-hybridized carbons (Fsp3) is 0.529. The molecule has 1 aromatic rings. The molecular formula is C17H26N4O3S. The maximum atomic E-state index is 12.0. The number of aliphatic hydroxyl groups excluding tert-OH is 1. The molecule has 0 aromatic heterocycles. The maximum absolute atomic E-state index is 12.0. The summed E-state index contributed by atoms with van der Waals surface area (Å²) in [5.41, 5.74) is 1.11. The Balaban J connectivity index is 1.89. The highest BCUT2D eigenvalue weighted by molar-refractivity contribution is 7.80. The molecule has 0 aliphatic carbocycles. The number of carbonyl (C=O) groups is 1. The van der Waals surface area contributed by atoms with Crippen LogP contribution >= 0.6 is 12.2 Å². The van der Waals surface area contributed by atoms with Gasteiger partial charge in [-0.05, 0) is 31.1 Å². The van der Waals surface area contributed by atoms with Gasteiger partial charge in [0.2, 0.25) is 0 Å². The van der Waals surface area contributed by atoms with Gasteiger partial charge in [-0.2, -0.15) is 0 Å². The zero-order valence-electron chi connectivity index (χ0n) is 14.3. The molecule has 25 heavy (non-hydrogen) atoms. The molecule has 3 atom stereocenters. The smallest absolute Gasteiger partial charge is 0.326 e. The van der Waals surface area contributed by atoms with E-state index in [4.69, 9.17) is 17.0 Å². The number of esters is 1. The molecule has 0 saturated carbocycles. The Bertz CT molecular complexity index is 558. The first-order valence-corrected chi connectivity index (χ1v) is 8.90. The average Bonchev–Trinajstić information content (AvgIpc) is 2.62. The van der Waals surface area contributed by atoms with Gasteiger partial charge in [0, 0.05) is 13.1 Å². The number of hydrogen-bond acceptors (Lipinski definition) is 6. The van der Waals surface area contributed by atoms with Gasteiger partial charge >= 0.3 is 5.97 Å². The highest BCUT2D eigenvalue weighted by Crippen LogP contribution is 2.04. The predicted octanol–water partition coefficient (Wildman–Crippen LogP) is -0.495. The second kappa shape index (κ2) is 10.3. The van der Waals surface area contributed by atoms with Crippen molar-refractivity contribution in [3.8, 4) is 0 Å². The Morgan fingerprint density at radius 2 is 2.08 bits per heavy atom. The van der Waals surface area contributed by atoms with Crippen LogP contribution in [-0.2, 0) is 16.0 Å². The Hall–Kier alpha value is -1.74. The number of rotatable bonds is 7. The summed E-state index contributed by atoms with van der Waals surface area (Å²) in [6, 6.07) is 9.15. The van der Waals surface area contributed by atoms with Gasteiger partial charge in [-0.15, -0.1) is 0 Å². The van der Waals surface area contributed by atoms with Crippen molar-refractivity contribution in [2.45, 2.75) is 31.6 Å². The number of carbonyl (C=O) groups excluding carboxylic acids is 1. The summed E-state index contributed by atoms with van der Waals surface area (Å²) in [6.07, 6.45) is 0.278. The Morgan fingerprint density at radius 3 is 2.76 bits per heavy atom. The van der Waals surface area contributed by atoms with Crippen LogP contribution in [0.4, 0.5) is 0 Å². The van der Waals surface area contributed by atoms with E-state index in [0.717, 1.165) is 5.56 Å². The van der Waals surface area contributed by atoms with Crippen LogP contribution in [0.2, 0.25) is 0 Å². The zero-order valence-corrected chi connectivity index (χ0v) is 15.1. The van der Waals surface area contributed by atoms with Crippen molar-refractivity contribution < 1.29 is 14.6 Å². The van der Waals surface area contributed by atoms with E-state index in [1.165, 1.54) is 0 Å². The minimum atomic E-state index is -0.518. The summed E-state index contributed by atoms with van der Waals surface area (Å²) in [7, 11) is 0. The quantitative estimate of drug-likeness (QED) is 0.326. The summed E-state index contributed by atoms with van der Waals surface area (Å²) >= 11 is 5.34. The Morgan fingerprint density at radius 1 is 1.36 bits per heavy atom. The molecule has 5 N–H and O–H groups in total. The second-order valence-corrected chi connectivity index (χ2v) is 6.21. The molecular weight excluding hydrogens is 340 g/mol. The lowest BCUT2D eigenvalue weighted by Crippen LogP contribution is -2.67. The third kappa shape index (κ3) is 6.24. The van der Waals surface area contributed by atoms with Gasteiger partial charge in [0.1, 0.15) is 12.2 Å². The molecule has 1 aromatic carbocycles. The van der Waals surface area contributed by atoms with Gasteiger partial charge < -0.3 is 25.8 Å². The van der Waals surface area contributed by atoms with Crippen LogP contribution in [0.15, 0.2) is 30.3 Å². The van der Waals surface area contributed by atoms with E-state index in [2.05, 4.69) is 21.3 Å². The molecule has 1 fully saturated rings. The summed E-state index contributed by atoms with van der Waals surface area (Å²) in [4.78, 5) is 12.0. The first-order chi connectivity index (χ1) is 12.1. The van der Waals surface area contributed by atoms with Crippen LogP contribution in [0, 0.1) is 0 Å². The molecule has 8 heteroatoms. The van der Waals surface area contributed by atoms with Crippen LogP contribution in [-0.4, -0.2) is 60.7 Å². The maximum Gasteiger partial charge on any atom is 0.326 e. The number of ether oxygens (including phenoxy) is 1. The van der Waals surface area contributed by atoms with E-state index >= 15 is 0 Å². The van der Waals surface area contributed by atoms with Crippen LogP contribution in [0.1, 0.15) is 12.5 Å². The van der Waals surface area contributed by atoms with Crippen LogP contribution < -0.4 is 21.3 Å². The van der Waals surface area contributed by atoms with E-state index in [0.29, 0.717) is 31.2 Å². The number of hydrogen-bond donors (Lipinski definition) is 5. The molecule has 1 aliphatic heterocycles. The summed E-state index contributed by atoms with van der Waals surface area (Å²) in [6.45, 7) is 3.45. The van der Waals surface area contributed by atoms with Gasteiger partial charge in [-0.3, -0.25) is 10.1 Å². The van der Waals surface area contributed by atoms with Gasteiger partial charge in [0.15, 0.2) is 5.11 Å². The number of thiocarbonyl (C=S) groups is 1. The van der Waals surface area contributed by atoms with E-state index in [1.54, 1.807) is 6.92 Å². The third-order valence-corrected chi connectivity index (χ3v) is 4.13. The Kier molecular flexibility index (Phi) is 8.07. The zero-order chi connectivity index (χ0) is 18.1. The van der Waals surface area contributed by atoms with Gasteiger partial charge in [-0.25, -0.2) is 0 Å². The van der Waals surface area contributed by atoms with Gasteiger partial charge in [0.25, 0.3) is 0 Å². The topological polar surface area (TPSA) is 94.7 Å². The minimum absolute atomic E-state index is 0.0473. The second-order valence-electron chi connectivity index (χ2n) is 5.80. The number of nitrogens with one attached hydrogen (secondary N) is 4. The van der Waals surface area contributed by atoms with Crippen molar-refractivity contribution in [1.29, 1.82) is 0 Å². The molecule has 0 radical (unpaired) electrons. The van der Waals surface area contributed by atoms with Crippen molar-refractivity contribution in [3.63, 3.8) is 0 Å². The van der Waals surface area contributed by atoms with Crippen LogP contribution in [0.25, 0.3) is 0 Å². The van der Waals surface area contributed by atoms with Crippen LogP contribution in [0.5, 0.6) is 0 Å². The summed E-state index contributed by atoms with van der Waals surface area (Å²) < 4.78 is 5.09. The molecule has 138 valence electrons. The lowest BCUT2D eigenvalue weighted by atomic mass is 10.1. The molecule has 3 unspecified atom stereocenters. The first kappa shape index (κ1) is 19.6. The standard InChI is InChI=1S/C17H26N4O3S/c1-2-24-16(23)14-15(19-9-8-18-14)21-17(25)20-13(11-22)10-12-6-4-3-5-7-12/h3-7,13-15,18-19,22H,2,8-11H2,1H3,(H2,20,21,25). The summed E-state index contributed by atoms with van der Waals surface area (Å²) in [5.74, 6) is -0.321. The fourth-order valence-corrected chi connectivity index (χ4v) is 3.00. The molecule has 0 amide bonds. The molecule has 1 aliphatic rings. The minimum Gasteiger partial charge on any atom is -0.465 e. The lowest BCUT2D eigenvalue weighted by Gasteiger charge is -2.33. The number of piperazine rings is 1. The van der Waals surface area contributed by atoms with Gasteiger partial charge in [-0.1, -0.05) is 30.3 Å². The van der Waals surface area contributed by atoms with E-state index in [1.807, 2.05) is 30.3 Å². The number of benzene rings is 1. The van der Waals surface area contributed by atoms with Crippen molar-refractivity contribution in [2.24, 2.45) is 0 Å². The first-order valence-electron chi connectivity index (χ1n) is 8.49. The average molecular weight is 366 g/mol. The van der Waals surface area contributed by atoms with Crippen molar-refractivity contribution >= 4 is 23.3 Å². The van der Waals surface area contributed by atoms with E-state index in [-0.39, 0.29) is 24.8 Å². The predicted molar refractivity (Wildman–Crippen MR) is 100 cm³/mol. The lowest BCUT2D eigenvalue weighted by molar-refractivity contribution is -0.147. The van der Waals surface area contributed by atoms with Crippen molar-refractivity contribution in [2.75, 3.05) is 26.3 Å². The third-order valence-electron chi connectivity index (χ3n) is 3.89. The van der Waals surface area contributed by atoms with Crippen molar-refractivity contribution in [3.05, 3.63) is 35.9 Å². The molecule has 7 nitrogen and oxygen atoms in total. The highest BCUT2D eigenvalue weighted by Gasteiger charge is 2.32. The SMILES string of the molecule is CCOC(=O)C1NCCNC1NC(=S)NC(CO)Cc1ccccc1. The van der Waals surface area contributed by atoms with Crippen molar-refractivity contribution in [1.82, 2.24) is 21.3 Å². The Labute approximate surface area is 153 Å². The normalized spacial score (nSPS) is 21.2. The largest absolute Gasteiger partial charge is 0.465 e.